The minimum absolute atomic E-state index is 0.905. The Labute approximate surface area is 103 Å². The Kier molecular flexibility index (Phi) is 3.58. The lowest BCUT2D eigenvalue weighted by molar-refractivity contribution is 0.412. The Morgan fingerprint density at radius 1 is 1.12 bits per heavy atom. The van der Waals surface area contributed by atoms with E-state index in [0.29, 0.717) is 0 Å². The number of nitrogens with one attached hydrogen (secondary N) is 1. The van der Waals surface area contributed by atoms with Crippen molar-refractivity contribution < 1.29 is 0 Å². The molecule has 1 saturated carbocycles. The van der Waals surface area contributed by atoms with E-state index in [-0.39, 0.29) is 0 Å². The monoisotopic (exact) mass is 237 g/mol. The van der Waals surface area contributed by atoms with Gasteiger partial charge >= 0.3 is 0 Å². The van der Waals surface area contributed by atoms with Crippen LogP contribution in [0.25, 0.3) is 0 Å². The second-order valence-electron chi connectivity index (χ2n) is 5.69. The van der Waals surface area contributed by atoms with Crippen molar-refractivity contribution in [2.45, 2.75) is 37.4 Å². The molecule has 0 aromatic rings. The number of rotatable bonds is 4. The Morgan fingerprint density at radius 3 is 2.81 bits per heavy atom. The van der Waals surface area contributed by atoms with Gasteiger partial charge in [-0.2, -0.15) is 11.8 Å². The summed E-state index contributed by atoms with van der Waals surface area (Å²) in [6.07, 6.45) is 12.1. The number of fused-ring (bicyclic) bond motifs is 2. The van der Waals surface area contributed by atoms with Crippen molar-refractivity contribution in [3.05, 3.63) is 12.2 Å². The Bertz CT molecular complexity index is 257. The molecule has 2 bridgehead atoms. The molecule has 0 aromatic carbocycles. The summed E-state index contributed by atoms with van der Waals surface area (Å²) in [6.45, 7) is 2.52. The van der Waals surface area contributed by atoms with Gasteiger partial charge in [-0.1, -0.05) is 18.6 Å². The molecule has 1 nitrogen and oxygen atoms in total. The van der Waals surface area contributed by atoms with Crippen LogP contribution in [0.2, 0.25) is 0 Å². The van der Waals surface area contributed by atoms with Crippen LogP contribution in [0, 0.1) is 17.8 Å². The second-order valence-corrected chi connectivity index (χ2v) is 7.10. The lowest BCUT2D eigenvalue weighted by Gasteiger charge is -2.24. The highest BCUT2D eigenvalue weighted by Crippen LogP contribution is 2.42. The van der Waals surface area contributed by atoms with Gasteiger partial charge in [0.15, 0.2) is 0 Å². The van der Waals surface area contributed by atoms with Gasteiger partial charge in [0.05, 0.1) is 0 Å². The molecule has 2 heteroatoms. The molecule has 1 aliphatic heterocycles. The van der Waals surface area contributed by atoms with Gasteiger partial charge in [0.1, 0.15) is 0 Å². The predicted octanol–water partition coefficient (Wildman–Crippen LogP) is 3.07. The Balaban J connectivity index is 1.36. The van der Waals surface area contributed by atoms with Crippen LogP contribution in [0.4, 0.5) is 0 Å². The fourth-order valence-corrected chi connectivity index (χ4v) is 4.80. The SMILES string of the molecule is C1=CC2CC1CC2CNCC1CCCCS1. The van der Waals surface area contributed by atoms with Crippen LogP contribution in [0.5, 0.6) is 0 Å². The van der Waals surface area contributed by atoms with Crippen LogP contribution in [0.3, 0.4) is 0 Å². The van der Waals surface area contributed by atoms with Crippen molar-refractivity contribution in [1.29, 1.82) is 0 Å². The van der Waals surface area contributed by atoms with Gasteiger partial charge in [-0.05, 0) is 55.7 Å². The van der Waals surface area contributed by atoms with Crippen molar-refractivity contribution in [2.24, 2.45) is 17.8 Å². The Morgan fingerprint density at radius 2 is 2.12 bits per heavy atom. The maximum absolute atomic E-state index is 3.73. The van der Waals surface area contributed by atoms with E-state index in [0.717, 1.165) is 23.0 Å². The molecule has 0 radical (unpaired) electrons. The van der Waals surface area contributed by atoms with Crippen LogP contribution in [0.1, 0.15) is 32.1 Å². The quantitative estimate of drug-likeness (QED) is 0.754. The number of thioether (sulfide) groups is 1. The molecule has 3 rings (SSSR count). The van der Waals surface area contributed by atoms with Gasteiger partial charge in [-0.25, -0.2) is 0 Å². The van der Waals surface area contributed by atoms with Crippen LogP contribution >= 0.6 is 11.8 Å². The molecule has 2 aliphatic carbocycles. The van der Waals surface area contributed by atoms with Crippen LogP contribution in [-0.4, -0.2) is 24.1 Å². The summed E-state index contributed by atoms with van der Waals surface area (Å²) in [5, 5.41) is 4.63. The molecule has 4 unspecified atom stereocenters. The van der Waals surface area contributed by atoms with E-state index in [1.165, 1.54) is 50.9 Å². The smallest absolute Gasteiger partial charge is 0.0172 e. The van der Waals surface area contributed by atoms with Crippen molar-refractivity contribution in [2.75, 3.05) is 18.8 Å². The lowest BCUT2D eigenvalue weighted by Crippen LogP contribution is -2.32. The maximum Gasteiger partial charge on any atom is 0.0172 e. The van der Waals surface area contributed by atoms with E-state index < -0.39 is 0 Å². The summed E-state index contributed by atoms with van der Waals surface area (Å²) in [7, 11) is 0. The van der Waals surface area contributed by atoms with Crippen LogP contribution in [0.15, 0.2) is 12.2 Å². The molecule has 1 heterocycles. The van der Waals surface area contributed by atoms with E-state index >= 15 is 0 Å². The molecule has 3 aliphatic rings. The molecule has 0 aromatic heterocycles. The average Bonchev–Trinajstić information content (AvgIpc) is 2.92. The first-order valence-corrected chi connectivity index (χ1v) is 7.97. The van der Waals surface area contributed by atoms with E-state index in [4.69, 9.17) is 0 Å². The molecule has 16 heavy (non-hydrogen) atoms. The molecule has 1 saturated heterocycles. The fraction of sp³-hybridized carbons (Fsp3) is 0.857. The van der Waals surface area contributed by atoms with Crippen molar-refractivity contribution >= 4 is 11.8 Å². The van der Waals surface area contributed by atoms with Gasteiger partial charge in [-0.3, -0.25) is 0 Å². The highest BCUT2D eigenvalue weighted by Gasteiger charge is 2.35. The van der Waals surface area contributed by atoms with Crippen molar-refractivity contribution in [1.82, 2.24) is 5.32 Å². The van der Waals surface area contributed by atoms with E-state index in [1.54, 1.807) is 0 Å². The summed E-state index contributed by atoms with van der Waals surface area (Å²) in [6, 6.07) is 0. The summed E-state index contributed by atoms with van der Waals surface area (Å²) >= 11 is 2.18. The van der Waals surface area contributed by atoms with Crippen LogP contribution < -0.4 is 5.32 Å². The third-order valence-corrected chi connectivity index (χ3v) is 5.87. The molecule has 90 valence electrons. The molecular formula is C14H23NS. The summed E-state index contributed by atoms with van der Waals surface area (Å²) in [4.78, 5) is 0. The summed E-state index contributed by atoms with van der Waals surface area (Å²) < 4.78 is 0. The number of hydrogen-bond acceptors (Lipinski definition) is 2. The number of hydrogen-bond donors (Lipinski definition) is 1. The number of allylic oxidation sites excluding steroid dienone is 2. The average molecular weight is 237 g/mol. The third kappa shape index (κ3) is 2.48. The van der Waals surface area contributed by atoms with Crippen molar-refractivity contribution in [3.8, 4) is 0 Å². The molecular weight excluding hydrogens is 214 g/mol. The first kappa shape index (κ1) is 11.2. The van der Waals surface area contributed by atoms with E-state index in [9.17, 15) is 0 Å². The topological polar surface area (TPSA) is 12.0 Å². The molecule has 0 amide bonds. The van der Waals surface area contributed by atoms with Gasteiger partial charge < -0.3 is 5.32 Å². The molecule has 1 N–H and O–H groups in total. The van der Waals surface area contributed by atoms with Crippen LogP contribution in [-0.2, 0) is 0 Å². The predicted molar refractivity (Wildman–Crippen MR) is 71.8 cm³/mol. The normalized spacial score (nSPS) is 41.8. The molecule has 0 spiro atoms. The second kappa shape index (κ2) is 5.14. The highest BCUT2D eigenvalue weighted by molar-refractivity contribution is 7.99. The lowest BCUT2D eigenvalue weighted by atomic mass is 9.93. The summed E-state index contributed by atoms with van der Waals surface area (Å²) in [5.74, 6) is 4.18. The minimum Gasteiger partial charge on any atom is -0.315 e. The zero-order valence-electron chi connectivity index (χ0n) is 10.0. The zero-order chi connectivity index (χ0) is 10.8. The Hall–Kier alpha value is 0.0500. The standard InChI is InChI=1S/C14H23NS/c1-2-6-16-14(3-1)10-15-9-13-8-11-4-5-12(13)7-11/h4-5,11-15H,1-3,6-10H2. The maximum atomic E-state index is 3.73. The fourth-order valence-electron chi connectivity index (χ4n) is 3.53. The minimum atomic E-state index is 0.905. The van der Waals surface area contributed by atoms with Gasteiger partial charge in [-0.15, -0.1) is 0 Å². The van der Waals surface area contributed by atoms with E-state index in [1.807, 2.05) is 0 Å². The first-order chi connectivity index (χ1) is 7.92. The molecule has 4 atom stereocenters. The van der Waals surface area contributed by atoms with E-state index in [2.05, 4.69) is 29.2 Å². The largest absolute Gasteiger partial charge is 0.315 e. The first-order valence-electron chi connectivity index (χ1n) is 6.92. The zero-order valence-corrected chi connectivity index (χ0v) is 10.8. The molecule has 2 fully saturated rings. The van der Waals surface area contributed by atoms with Gasteiger partial charge in [0.2, 0.25) is 0 Å². The van der Waals surface area contributed by atoms with Crippen molar-refractivity contribution in [3.63, 3.8) is 0 Å². The third-order valence-electron chi connectivity index (χ3n) is 4.47. The van der Waals surface area contributed by atoms with Gasteiger partial charge in [0.25, 0.3) is 0 Å². The summed E-state index contributed by atoms with van der Waals surface area (Å²) in [5.41, 5.74) is 0. The highest BCUT2D eigenvalue weighted by atomic mass is 32.2. The van der Waals surface area contributed by atoms with Gasteiger partial charge in [0, 0.05) is 11.8 Å².